The van der Waals surface area contributed by atoms with E-state index in [9.17, 15) is 4.79 Å². The minimum atomic E-state index is -0.237. The van der Waals surface area contributed by atoms with Crippen molar-refractivity contribution in [3.63, 3.8) is 0 Å². The largest absolute Gasteiger partial charge is 0.372 e. The van der Waals surface area contributed by atoms with Gasteiger partial charge >= 0.3 is 0 Å². The van der Waals surface area contributed by atoms with Crippen molar-refractivity contribution >= 4 is 23.2 Å². The molecule has 1 amide bonds. The average Bonchev–Trinajstić information content (AvgIpc) is 2.29. The molecule has 0 radical (unpaired) electrons. The van der Waals surface area contributed by atoms with Crippen LogP contribution in [0.2, 0.25) is 5.02 Å². The van der Waals surface area contributed by atoms with Crippen molar-refractivity contribution in [3.05, 3.63) is 28.8 Å². The topological polar surface area (TPSA) is 62.1 Å². The molecule has 0 aliphatic rings. The van der Waals surface area contributed by atoms with Crippen molar-refractivity contribution < 1.29 is 9.53 Å². The quantitative estimate of drug-likeness (QED) is 0.820. The van der Waals surface area contributed by atoms with E-state index >= 15 is 0 Å². The number of nitrogens with one attached hydrogen (secondary N) is 1. The Kier molecular flexibility index (Phi) is 5.47. The van der Waals surface area contributed by atoms with Gasteiger partial charge in [0, 0.05) is 12.3 Å². The number of hydrogen-bond acceptors (Lipinski definition) is 3. The lowest BCUT2D eigenvalue weighted by molar-refractivity contribution is -0.120. The van der Waals surface area contributed by atoms with E-state index in [0.717, 1.165) is 6.42 Å². The third-order valence-corrected chi connectivity index (χ3v) is 2.27. The zero-order valence-electron chi connectivity index (χ0n) is 9.50. The highest BCUT2D eigenvalue weighted by atomic mass is 35.5. The molecule has 1 aromatic rings. The zero-order chi connectivity index (χ0) is 12.7. The molecule has 5 heteroatoms. The van der Waals surface area contributed by atoms with Crippen LogP contribution >= 0.6 is 11.6 Å². The van der Waals surface area contributed by atoms with Gasteiger partial charge in [0.15, 0.2) is 0 Å². The molecule has 0 aromatic heterocycles. The number of carbonyl (C=O) groups is 1. The summed E-state index contributed by atoms with van der Waals surface area (Å²) in [7, 11) is 0. The van der Waals surface area contributed by atoms with Crippen molar-refractivity contribution in [2.24, 2.45) is 0 Å². The maximum absolute atomic E-state index is 11.4. The molecule has 0 aliphatic carbocycles. The number of carbonyl (C=O) groups excluding carboxylic acids is 1. The highest BCUT2D eigenvalue weighted by Crippen LogP contribution is 2.19. The second kappa shape index (κ2) is 6.89. The van der Waals surface area contributed by atoms with Gasteiger partial charge in [-0.15, -0.1) is 0 Å². The third-order valence-electron chi connectivity index (χ3n) is 1.95. The van der Waals surface area contributed by atoms with Crippen LogP contribution in [0.15, 0.2) is 18.2 Å². The second-order valence-electron chi connectivity index (χ2n) is 3.41. The highest BCUT2D eigenvalue weighted by molar-refractivity contribution is 6.32. The van der Waals surface area contributed by atoms with Crippen LogP contribution in [0.1, 0.15) is 18.9 Å². The Morgan fingerprint density at radius 3 is 2.94 bits per heavy atom. The first-order valence-corrected chi connectivity index (χ1v) is 5.62. The van der Waals surface area contributed by atoms with Gasteiger partial charge in [-0.05, 0) is 24.6 Å². The molecule has 1 rings (SSSR count). The minimum absolute atomic E-state index is 0.0193. The van der Waals surface area contributed by atoms with Gasteiger partial charge in [0.2, 0.25) is 5.91 Å². The molecule has 0 saturated heterocycles. The first kappa shape index (κ1) is 13.5. The number of ether oxygens (including phenoxy) is 1. The molecule has 0 saturated carbocycles. The normalized spacial score (nSPS) is 9.71. The van der Waals surface area contributed by atoms with Gasteiger partial charge < -0.3 is 10.1 Å². The van der Waals surface area contributed by atoms with Gasteiger partial charge in [-0.25, -0.2) is 0 Å². The van der Waals surface area contributed by atoms with E-state index in [1.165, 1.54) is 6.07 Å². The van der Waals surface area contributed by atoms with E-state index < -0.39 is 0 Å². The van der Waals surface area contributed by atoms with E-state index in [4.69, 9.17) is 21.6 Å². The fraction of sp³-hybridized carbons (Fsp3) is 0.333. The molecule has 1 aromatic carbocycles. The standard InChI is InChI=1S/C12H13ClN2O2/c1-2-5-17-8-12(16)15-10-4-3-9(7-14)11(13)6-10/h3-4,6H,2,5,8H2,1H3,(H,15,16). The number of benzene rings is 1. The van der Waals surface area contributed by atoms with Crippen molar-refractivity contribution in [1.29, 1.82) is 5.26 Å². The molecule has 0 heterocycles. The Labute approximate surface area is 105 Å². The number of anilines is 1. The summed E-state index contributed by atoms with van der Waals surface area (Å²) >= 11 is 5.83. The number of amides is 1. The Morgan fingerprint density at radius 1 is 1.59 bits per heavy atom. The molecule has 17 heavy (non-hydrogen) atoms. The summed E-state index contributed by atoms with van der Waals surface area (Å²) in [5, 5.41) is 11.6. The Hall–Kier alpha value is -1.57. The van der Waals surface area contributed by atoms with E-state index in [-0.39, 0.29) is 12.5 Å². The van der Waals surface area contributed by atoms with Gasteiger partial charge in [-0.3, -0.25) is 4.79 Å². The van der Waals surface area contributed by atoms with Gasteiger partial charge in [-0.1, -0.05) is 18.5 Å². The summed E-state index contributed by atoms with van der Waals surface area (Å²) in [5.41, 5.74) is 0.936. The van der Waals surface area contributed by atoms with Gasteiger partial charge in [0.25, 0.3) is 0 Å². The maximum Gasteiger partial charge on any atom is 0.250 e. The first-order chi connectivity index (χ1) is 8.17. The summed E-state index contributed by atoms with van der Waals surface area (Å²) in [6, 6.07) is 6.68. The predicted octanol–water partition coefficient (Wildman–Crippen LogP) is 2.58. The lowest BCUT2D eigenvalue weighted by Gasteiger charge is -2.06. The van der Waals surface area contributed by atoms with E-state index in [1.54, 1.807) is 12.1 Å². The molecule has 0 unspecified atom stereocenters. The summed E-state index contributed by atoms with van der Waals surface area (Å²) < 4.78 is 5.09. The SMILES string of the molecule is CCCOCC(=O)Nc1ccc(C#N)c(Cl)c1. The Bertz CT molecular complexity index is 441. The van der Waals surface area contributed by atoms with Crippen LogP contribution in [0.5, 0.6) is 0 Å². The average molecular weight is 253 g/mol. The molecule has 0 atom stereocenters. The van der Waals surface area contributed by atoms with Crippen LogP contribution in [0.4, 0.5) is 5.69 Å². The van der Waals surface area contributed by atoms with E-state index in [2.05, 4.69) is 5.32 Å². The van der Waals surface area contributed by atoms with Crippen LogP contribution in [0, 0.1) is 11.3 Å². The summed E-state index contributed by atoms with van der Waals surface area (Å²) in [6.07, 6.45) is 0.871. The lowest BCUT2D eigenvalue weighted by Crippen LogP contribution is -2.18. The van der Waals surface area contributed by atoms with Crippen LogP contribution < -0.4 is 5.32 Å². The van der Waals surface area contributed by atoms with E-state index in [0.29, 0.717) is 22.9 Å². The number of rotatable bonds is 5. The number of nitriles is 1. The fourth-order valence-electron chi connectivity index (χ4n) is 1.19. The van der Waals surface area contributed by atoms with E-state index in [1.807, 2.05) is 13.0 Å². The molecular formula is C12H13ClN2O2. The monoisotopic (exact) mass is 252 g/mol. The van der Waals surface area contributed by atoms with Crippen molar-refractivity contribution in [1.82, 2.24) is 0 Å². The fourth-order valence-corrected chi connectivity index (χ4v) is 1.41. The van der Waals surface area contributed by atoms with Crippen LogP contribution in [-0.2, 0) is 9.53 Å². The van der Waals surface area contributed by atoms with Crippen molar-refractivity contribution in [2.75, 3.05) is 18.5 Å². The number of halogens is 1. The number of nitrogens with zero attached hydrogens (tertiary/aromatic N) is 1. The maximum atomic E-state index is 11.4. The molecule has 1 N–H and O–H groups in total. The Morgan fingerprint density at radius 2 is 2.35 bits per heavy atom. The molecule has 90 valence electrons. The zero-order valence-corrected chi connectivity index (χ0v) is 10.3. The van der Waals surface area contributed by atoms with Crippen LogP contribution in [0.3, 0.4) is 0 Å². The summed E-state index contributed by atoms with van der Waals surface area (Å²) in [4.78, 5) is 11.4. The van der Waals surface area contributed by atoms with Gasteiger partial charge in [0.05, 0.1) is 10.6 Å². The molecule has 0 bridgehead atoms. The minimum Gasteiger partial charge on any atom is -0.372 e. The second-order valence-corrected chi connectivity index (χ2v) is 3.81. The smallest absolute Gasteiger partial charge is 0.250 e. The van der Waals surface area contributed by atoms with Crippen LogP contribution in [0.25, 0.3) is 0 Å². The number of hydrogen-bond donors (Lipinski definition) is 1. The lowest BCUT2D eigenvalue weighted by atomic mass is 10.2. The van der Waals surface area contributed by atoms with Crippen molar-refractivity contribution in [3.8, 4) is 6.07 Å². The van der Waals surface area contributed by atoms with Crippen molar-refractivity contribution in [2.45, 2.75) is 13.3 Å². The molecule has 0 aliphatic heterocycles. The van der Waals surface area contributed by atoms with Crippen LogP contribution in [-0.4, -0.2) is 19.1 Å². The molecular weight excluding hydrogens is 240 g/mol. The predicted molar refractivity (Wildman–Crippen MR) is 65.9 cm³/mol. The Balaban J connectivity index is 2.55. The third kappa shape index (κ3) is 4.43. The summed E-state index contributed by atoms with van der Waals surface area (Å²) in [5.74, 6) is -0.237. The van der Waals surface area contributed by atoms with Gasteiger partial charge in [-0.2, -0.15) is 5.26 Å². The molecule has 4 nitrogen and oxygen atoms in total. The van der Waals surface area contributed by atoms with Gasteiger partial charge in [0.1, 0.15) is 12.7 Å². The summed E-state index contributed by atoms with van der Waals surface area (Å²) in [6.45, 7) is 2.55. The molecule has 0 spiro atoms. The first-order valence-electron chi connectivity index (χ1n) is 5.24. The molecule has 0 fully saturated rings. The highest BCUT2D eigenvalue weighted by Gasteiger charge is 2.05.